The van der Waals surface area contributed by atoms with Gasteiger partial charge in [-0.05, 0) is 72.7 Å². The summed E-state index contributed by atoms with van der Waals surface area (Å²) in [6.45, 7) is -0.507. The van der Waals surface area contributed by atoms with Gasteiger partial charge in [0.2, 0.25) is 11.8 Å². The van der Waals surface area contributed by atoms with Gasteiger partial charge < -0.3 is 15.0 Å². The number of nitrogens with one attached hydrogen (secondary N) is 2. The zero-order chi connectivity index (χ0) is 33.5. The topological polar surface area (TPSA) is 109 Å². The standard InChI is InChI=1S/C34H25ClF3N3O5S2/c35-16-9-10-22(46-14-23(42)39-17-6-4-5-15(11-17)34(36,37)38)19(12-16)24-25-20-13-21(28(25)47-30-29(24)48-33(45)40-30)27-26(20)31(43)41(32(27)44)18-7-2-1-3-8-18/h1-12,20-21,24-28H,13-14H2,(H,39,42)(H,40,45)/t20-,21-,24+,25-,26+,27+,28-/m1/s1. The Morgan fingerprint density at radius 3 is 2.48 bits per heavy atom. The Morgan fingerprint density at radius 2 is 1.73 bits per heavy atom. The molecule has 2 saturated carbocycles. The molecule has 3 aromatic carbocycles. The van der Waals surface area contributed by atoms with E-state index in [0.717, 1.165) is 28.3 Å². The average Bonchev–Trinajstić information content (AvgIpc) is 3.79. The van der Waals surface area contributed by atoms with Crippen LogP contribution in [0.1, 0.15) is 28.3 Å². The van der Waals surface area contributed by atoms with Crippen LogP contribution in [0.3, 0.4) is 0 Å². The summed E-state index contributed by atoms with van der Waals surface area (Å²) < 4.78 is 45.6. The van der Waals surface area contributed by atoms with Crippen molar-refractivity contribution in [3.8, 4) is 5.75 Å². The van der Waals surface area contributed by atoms with E-state index in [4.69, 9.17) is 16.3 Å². The zero-order valence-electron chi connectivity index (χ0n) is 24.7. The number of amides is 3. The van der Waals surface area contributed by atoms with Crippen LogP contribution >= 0.6 is 34.7 Å². The van der Waals surface area contributed by atoms with Crippen LogP contribution in [0.5, 0.6) is 5.75 Å². The van der Waals surface area contributed by atoms with E-state index in [0.29, 0.717) is 33.5 Å². The van der Waals surface area contributed by atoms with Gasteiger partial charge in [-0.2, -0.15) is 13.2 Å². The van der Waals surface area contributed by atoms with Gasteiger partial charge in [-0.3, -0.25) is 24.1 Å². The van der Waals surface area contributed by atoms with E-state index in [1.807, 2.05) is 6.07 Å². The number of halogens is 4. The number of aromatic amines is 1. The maximum absolute atomic E-state index is 14.0. The summed E-state index contributed by atoms with van der Waals surface area (Å²) >= 11 is 9.15. The molecule has 4 aromatic rings. The number of nitrogens with zero attached hydrogens (tertiary/aromatic N) is 1. The highest BCUT2D eigenvalue weighted by atomic mass is 35.5. The van der Waals surface area contributed by atoms with E-state index in [1.54, 1.807) is 54.2 Å². The summed E-state index contributed by atoms with van der Waals surface area (Å²) in [6.07, 6.45) is -3.88. The maximum atomic E-state index is 14.0. The zero-order valence-corrected chi connectivity index (χ0v) is 27.1. The molecule has 0 spiro atoms. The van der Waals surface area contributed by atoms with Gasteiger partial charge in [0.15, 0.2) is 6.61 Å². The number of alkyl halides is 3. The van der Waals surface area contributed by atoms with Gasteiger partial charge in [0.05, 0.1) is 28.1 Å². The number of aromatic nitrogens is 1. The molecule has 0 radical (unpaired) electrons. The van der Waals surface area contributed by atoms with Gasteiger partial charge in [0.1, 0.15) is 5.75 Å². The third kappa shape index (κ3) is 5.05. The molecule has 1 aromatic heterocycles. The number of thioether (sulfide) groups is 1. The monoisotopic (exact) mass is 711 g/mol. The SMILES string of the molecule is O=C(COc1ccc(Cl)cc1[C@@H]1c2sc(=O)[nH]c2S[C@@H]2[C@@H]3C[C@@H]([C@@H]4C(=O)N(c5ccccc5)C(=O)[C@@H]34)[C@H]12)Nc1cccc(C(F)(F)F)c1. The highest BCUT2D eigenvalue weighted by molar-refractivity contribution is 8.00. The molecule has 3 amide bonds. The van der Waals surface area contributed by atoms with Gasteiger partial charge in [0, 0.05) is 32.3 Å². The maximum Gasteiger partial charge on any atom is 0.416 e. The first-order chi connectivity index (χ1) is 23.0. The number of para-hydroxylation sites is 1. The number of rotatable bonds is 6. The summed E-state index contributed by atoms with van der Waals surface area (Å²) in [5, 5.41) is 3.47. The predicted molar refractivity (Wildman–Crippen MR) is 174 cm³/mol. The van der Waals surface area contributed by atoms with E-state index < -0.39 is 42.0 Å². The second-order valence-electron chi connectivity index (χ2n) is 12.4. The molecular formula is C34H25ClF3N3O5S2. The molecule has 246 valence electrons. The number of benzene rings is 3. The normalized spacial score (nSPS) is 27.1. The average molecular weight is 712 g/mol. The van der Waals surface area contributed by atoms with E-state index in [-0.39, 0.29) is 45.4 Å². The molecule has 3 heterocycles. The molecule has 8 nitrogen and oxygen atoms in total. The van der Waals surface area contributed by atoms with Crippen molar-refractivity contribution in [2.24, 2.45) is 29.6 Å². The predicted octanol–water partition coefficient (Wildman–Crippen LogP) is 6.80. The van der Waals surface area contributed by atoms with Crippen LogP contribution < -0.4 is 19.8 Å². The number of hydrogen-bond acceptors (Lipinski definition) is 7. The molecule has 3 fully saturated rings. The highest BCUT2D eigenvalue weighted by Gasteiger charge is 2.69. The van der Waals surface area contributed by atoms with Crippen LogP contribution in [0, 0.1) is 29.6 Å². The summed E-state index contributed by atoms with van der Waals surface area (Å²) in [4.78, 5) is 58.2. The number of carbonyl (C=O) groups excluding carboxylic acids is 3. The van der Waals surface area contributed by atoms with Crippen molar-refractivity contribution in [2.45, 2.75) is 28.8 Å². The van der Waals surface area contributed by atoms with Crippen molar-refractivity contribution in [1.29, 1.82) is 0 Å². The van der Waals surface area contributed by atoms with Crippen molar-refractivity contribution in [3.05, 3.63) is 103 Å². The first kappa shape index (κ1) is 31.2. The number of hydrogen-bond donors (Lipinski definition) is 2. The van der Waals surface area contributed by atoms with E-state index >= 15 is 0 Å². The lowest BCUT2D eigenvalue weighted by Crippen LogP contribution is -2.42. The van der Waals surface area contributed by atoms with Gasteiger partial charge >= 0.3 is 11.0 Å². The molecule has 48 heavy (non-hydrogen) atoms. The van der Waals surface area contributed by atoms with Crippen molar-refractivity contribution in [3.63, 3.8) is 0 Å². The van der Waals surface area contributed by atoms with E-state index in [9.17, 15) is 32.3 Å². The smallest absolute Gasteiger partial charge is 0.416 e. The second kappa shape index (κ2) is 11.5. The van der Waals surface area contributed by atoms with Gasteiger partial charge in [0.25, 0.3) is 5.91 Å². The highest BCUT2D eigenvalue weighted by Crippen LogP contribution is 2.69. The largest absolute Gasteiger partial charge is 0.483 e. The van der Waals surface area contributed by atoms with Crippen LogP contribution in [0.25, 0.3) is 0 Å². The second-order valence-corrected chi connectivity index (χ2v) is 15.0. The number of ether oxygens (including phenoxy) is 1. The minimum Gasteiger partial charge on any atom is -0.483 e. The molecule has 14 heteroatoms. The lowest BCUT2D eigenvalue weighted by atomic mass is 9.68. The molecule has 0 unspecified atom stereocenters. The molecule has 2 bridgehead atoms. The first-order valence-corrected chi connectivity index (χ1v) is 17.3. The van der Waals surface area contributed by atoms with Crippen molar-refractivity contribution < 1.29 is 32.3 Å². The fourth-order valence-electron chi connectivity index (χ4n) is 8.20. The quantitative estimate of drug-likeness (QED) is 0.213. The van der Waals surface area contributed by atoms with E-state index in [2.05, 4.69) is 10.3 Å². The molecule has 7 atom stereocenters. The lowest BCUT2D eigenvalue weighted by molar-refractivity contribution is -0.137. The Balaban J connectivity index is 1.12. The molecule has 8 rings (SSSR count). The Labute approximate surface area is 284 Å². The number of fused-ring (bicyclic) bond motifs is 9. The molecule has 2 N–H and O–H groups in total. The Kier molecular flexibility index (Phi) is 7.49. The molecule has 4 aliphatic rings. The first-order valence-electron chi connectivity index (χ1n) is 15.2. The fourth-order valence-corrected chi connectivity index (χ4v) is 11.3. The fraction of sp³-hybridized carbons (Fsp3) is 0.294. The van der Waals surface area contributed by atoms with Crippen LogP contribution in [-0.4, -0.2) is 34.6 Å². The molecule has 2 aliphatic heterocycles. The van der Waals surface area contributed by atoms with Gasteiger partial charge in [-0.15, -0.1) is 11.8 Å². The third-order valence-electron chi connectivity index (χ3n) is 9.88. The van der Waals surface area contributed by atoms with Crippen LogP contribution in [0.2, 0.25) is 5.02 Å². The third-order valence-corrected chi connectivity index (χ3v) is 12.7. The molecule has 2 aliphatic carbocycles. The van der Waals surface area contributed by atoms with E-state index in [1.165, 1.54) is 17.0 Å². The van der Waals surface area contributed by atoms with Crippen molar-refractivity contribution >= 4 is 63.8 Å². The Hall–Kier alpha value is -4.07. The van der Waals surface area contributed by atoms with Crippen molar-refractivity contribution in [2.75, 3.05) is 16.8 Å². The number of H-pyrrole nitrogens is 1. The number of anilines is 2. The number of carbonyl (C=O) groups is 3. The number of thiazole rings is 1. The molecule has 1 saturated heterocycles. The number of imide groups is 1. The summed E-state index contributed by atoms with van der Waals surface area (Å²) in [5.74, 6) is -2.55. The van der Waals surface area contributed by atoms with Crippen LogP contribution in [-0.2, 0) is 20.6 Å². The van der Waals surface area contributed by atoms with Gasteiger partial charge in [-0.25, -0.2) is 0 Å². The Morgan fingerprint density at radius 1 is 0.979 bits per heavy atom. The summed E-state index contributed by atoms with van der Waals surface area (Å²) in [5.41, 5.74) is 0.253. The summed E-state index contributed by atoms with van der Waals surface area (Å²) in [7, 11) is 0. The van der Waals surface area contributed by atoms with Gasteiger partial charge in [-0.1, -0.05) is 47.2 Å². The minimum atomic E-state index is -4.57. The van der Waals surface area contributed by atoms with Crippen LogP contribution in [0.15, 0.2) is 82.6 Å². The summed E-state index contributed by atoms with van der Waals surface area (Å²) in [6, 6.07) is 18.2. The molecular weight excluding hydrogens is 687 g/mol. The van der Waals surface area contributed by atoms with Crippen LogP contribution in [0.4, 0.5) is 24.5 Å². The minimum absolute atomic E-state index is 0.0273. The Bertz CT molecular complexity index is 2040. The lowest BCUT2D eigenvalue weighted by Gasteiger charge is -2.43. The van der Waals surface area contributed by atoms with Crippen molar-refractivity contribution in [1.82, 2.24) is 4.98 Å².